The summed E-state index contributed by atoms with van der Waals surface area (Å²) in [5.74, 6) is -0.224. The average molecular weight is 247 g/mol. The Morgan fingerprint density at radius 3 is 2.61 bits per heavy atom. The molecule has 3 nitrogen and oxygen atoms in total. The van der Waals surface area contributed by atoms with E-state index in [4.69, 9.17) is 0 Å². The number of carboxylic acid groups (broad SMARTS) is 1. The van der Waals surface area contributed by atoms with Gasteiger partial charge in [0, 0.05) is 6.54 Å². The fourth-order valence-electron chi connectivity index (χ4n) is 2.46. The highest BCUT2D eigenvalue weighted by molar-refractivity contribution is 5.95. The lowest BCUT2D eigenvalue weighted by Gasteiger charge is -2.22. The maximum atomic E-state index is 11.2. The van der Waals surface area contributed by atoms with Crippen molar-refractivity contribution in [2.24, 2.45) is 11.3 Å². The SMILES string of the molecule is Cc1cccc(C(=O)O)c1NCC1(C(C)C)CC1. The Morgan fingerprint density at radius 1 is 1.44 bits per heavy atom. The number of anilines is 1. The summed E-state index contributed by atoms with van der Waals surface area (Å²) in [7, 11) is 0. The highest BCUT2D eigenvalue weighted by atomic mass is 16.4. The van der Waals surface area contributed by atoms with Gasteiger partial charge in [0.15, 0.2) is 0 Å². The fraction of sp³-hybridized carbons (Fsp3) is 0.533. The normalized spacial score (nSPS) is 16.7. The molecule has 0 saturated heterocycles. The fourth-order valence-corrected chi connectivity index (χ4v) is 2.46. The molecule has 2 rings (SSSR count). The molecular weight excluding hydrogens is 226 g/mol. The predicted molar refractivity (Wildman–Crippen MR) is 73.1 cm³/mol. The molecule has 0 aromatic heterocycles. The van der Waals surface area contributed by atoms with Gasteiger partial charge in [-0.05, 0) is 42.7 Å². The van der Waals surface area contributed by atoms with Gasteiger partial charge >= 0.3 is 5.97 Å². The lowest BCUT2D eigenvalue weighted by atomic mass is 9.92. The van der Waals surface area contributed by atoms with Crippen molar-refractivity contribution in [2.45, 2.75) is 33.6 Å². The smallest absolute Gasteiger partial charge is 0.337 e. The van der Waals surface area contributed by atoms with Crippen molar-refractivity contribution in [3.05, 3.63) is 29.3 Å². The van der Waals surface area contributed by atoms with Gasteiger partial charge < -0.3 is 10.4 Å². The molecule has 1 fully saturated rings. The number of aryl methyl sites for hydroxylation is 1. The van der Waals surface area contributed by atoms with E-state index in [1.807, 2.05) is 13.0 Å². The first-order valence-electron chi connectivity index (χ1n) is 6.53. The van der Waals surface area contributed by atoms with Crippen LogP contribution in [0, 0.1) is 18.3 Å². The molecule has 1 aromatic carbocycles. The molecule has 0 aliphatic heterocycles. The van der Waals surface area contributed by atoms with Gasteiger partial charge in [0.2, 0.25) is 0 Å². The van der Waals surface area contributed by atoms with Gasteiger partial charge in [-0.25, -0.2) is 4.79 Å². The van der Waals surface area contributed by atoms with E-state index < -0.39 is 5.97 Å². The summed E-state index contributed by atoms with van der Waals surface area (Å²) in [5, 5.41) is 12.6. The molecule has 0 atom stereocenters. The molecule has 1 aliphatic rings. The standard InChI is InChI=1S/C15H21NO2/c1-10(2)15(7-8-15)9-16-13-11(3)5-4-6-12(13)14(17)18/h4-6,10,16H,7-9H2,1-3H3,(H,17,18). The van der Waals surface area contributed by atoms with Crippen molar-refractivity contribution in [1.29, 1.82) is 0 Å². The average Bonchev–Trinajstić information content (AvgIpc) is 3.08. The Labute approximate surface area is 108 Å². The number of aromatic carboxylic acids is 1. The van der Waals surface area contributed by atoms with Gasteiger partial charge in [-0.1, -0.05) is 26.0 Å². The van der Waals surface area contributed by atoms with Gasteiger partial charge in [0.1, 0.15) is 0 Å². The van der Waals surface area contributed by atoms with Crippen LogP contribution >= 0.6 is 0 Å². The molecule has 0 radical (unpaired) electrons. The number of carbonyl (C=O) groups is 1. The van der Waals surface area contributed by atoms with Crippen LogP contribution in [0.5, 0.6) is 0 Å². The molecule has 3 heteroatoms. The van der Waals surface area contributed by atoms with Crippen molar-refractivity contribution < 1.29 is 9.90 Å². The van der Waals surface area contributed by atoms with Crippen LogP contribution in [0.15, 0.2) is 18.2 Å². The number of hydrogen-bond acceptors (Lipinski definition) is 2. The number of benzene rings is 1. The quantitative estimate of drug-likeness (QED) is 0.836. The van der Waals surface area contributed by atoms with E-state index in [0.717, 1.165) is 17.8 Å². The van der Waals surface area contributed by atoms with Crippen LogP contribution in [-0.4, -0.2) is 17.6 Å². The molecule has 1 saturated carbocycles. The first-order chi connectivity index (χ1) is 8.46. The maximum absolute atomic E-state index is 11.2. The first-order valence-corrected chi connectivity index (χ1v) is 6.53. The van der Waals surface area contributed by atoms with Crippen LogP contribution in [0.2, 0.25) is 0 Å². The monoisotopic (exact) mass is 247 g/mol. The minimum Gasteiger partial charge on any atom is -0.478 e. The second-order valence-corrected chi connectivity index (χ2v) is 5.67. The summed E-state index contributed by atoms with van der Waals surface area (Å²) >= 11 is 0. The van der Waals surface area contributed by atoms with Crippen LogP contribution in [0.1, 0.15) is 42.6 Å². The molecule has 0 heterocycles. The highest BCUT2D eigenvalue weighted by Crippen LogP contribution is 2.51. The third-order valence-corrected chi connectivity index (χ3v) is 4.24. The third kappa shape index (κ3) is 2.35. The van der Waals surface area contributed by atoms with E-state index in [9.17, 15) is 9.90 Å². The molecule has 0 spiro atoms. The molecule has 2 N–H and O–H groups in total. The largest absolute Gasteiger partial charge is 0.478 e. The summed E-state index contributed by atoms with van der Waals surface area (Å²) in [5.41, 5.74) is 2.51. The van der Waals surface area contributed by atoms with E-state index in [1.54, 1.807) is 12.1 Å². The molecular formula is C15H21NO2. The van der Waals surface area contributed by atoms with Gasteiger partial charge in [-0.2, -0.15) is 0 Å². The zero-order valence-corrected chi connectivity index (χ0v) is 11.3. The zero-order chi connectivity index (χ0) is 13.3. The van der Waals surface area contributed by atoms with Crippen LogP contribution in [-0.2, 0) is 0 Å². The summed E-state index contributed by atoms with van der Waals surface area (Å²) in [6.07, 6.45) is 2.48. The Hall–Kier alpha value is -1.51. The first kappa shape index (κ1) is 12.9. The van der Waals surface area contributed by atoms with Gasteiger partial charge in [-0.3, -0.25) is 0 Å². The third-order valence-electron chi connectivity index (χ3n) is 4.24. The Balaban J connectivity index is 2.17. The van der Waals surface area contributed by atoms with Crippen molar-refractivity contribution in [2.75, 3.05) is 11.9 Å². The minimum atomic E-state index is -0.865. The number of carboxylic acids is 1. The molecule has 0 amide bonds. The van der Waals surface area contributed by atoms with Crippen LogP contribution in [0.3, 0.4) is 0 Å². The number of hydrogen-bond donors (Lipinski definition) is 2. The van der Waals surface area contributed by atoms with Gasteiger partial charge in [0.25, 0.3) is 0 Å². The number of rotatable bonds is 5. The second kappa shape index (κ2) is 4.63. The lowest BCUT2D eigenvalue weighted by molar-refractivity contribution is 0.0698. The summed E-state index contributed by atoms with van der Waals surface area (Å²) in [6, 6.07) is 5.40. The Kier molecular flexibility index (Phi) is 3.33. The minimum absolute atomic E-state index is 0.370. The van der Waals surface area contributed by atoms with E-state index in [2.05, 4.69) is 19.2 Å². The van der Waals surface area contributed by atoms with Gasteiger partial charge in [-0.15, -0.1) is 0 Å². The molecule has 1 aromatic rings. The molecule has 0 unspecified atom stereocenters. The number of nitrogens with one attached hydrogen (secondary N) is 1. The summed E-state index contributed by atoms with van der Waals surface area (Å²) in [4.78, 5) is 11.2. The van der Waals surface area contributed by atoms with Crippen molar-refractivity contribution >= 4 is 11.7 Å². The Morgan fingerprint density at radius 2 is 2.11 bits per heavy atom. The van der Waals surface area contributed by atoms with Crippen LogP contribution in [0.4, 0.5) is 5.69 Å². The zero-order valence-electron chi connectivity index (χ0n) is 11.3. The molecule has 1 aliphatic carbocycles. The topological polar surface area (TPSA) is 49.3 Å². The summed E-state index contributed by atoms with van der Waals surface area (Å²) < 4.78 is 0. The van der Waals surface area contributed by atoms with Gasteiger partial charge in [0.05, 0.1) is 11.3 Å². The highest BCUT2D eigenvalue weighted by Gasteiger charge is 2.45. The Bertz CT molecular complexity index is 462. The van der Waals surface area contributed by atoms with Crippen molar-refractivity contribution in [3.8, 4) is 0 Å². The maximum Gasteiger partial charge on any atom is 0.337 e. The van der Waals surface area contributed by atoms with E-state index >= 15 is 0 Å². The predicted octanol–water partition coefficient (Wildman–Crippen LogP) is 3.54. The van der Waals surface area contributed by atoms with Crippen molar-refractivity contribution in [1.82, 2.24) is 0 Å². The molecule has 98 valence electrons. The molecule has 18 heavy (non-hydrogen) atoms. The number of para-hydroxylation sites is 1. The summed E-state index contributed by atoms with van der Waals surface area (Å²) in [6.45, 7) is 7.30. The lowest BCUT2D eigenvalue weighted by Crippen LogP contribution is -2.22. The van der Waals surface area contributed by atoms with Crippen LogP contribution < -0.4 is 5.32 Å². The second-order valence-electron chi connectivity index (χ2n) is 5.67. The van der Waals surface area contributed by atoms with E-state index in [0.29, 0.717) is 16.9 Å². The molecule has 0 bridgehead atoms. The van der Waals surface area contributed by atoms with E-state index in [1.165, 1.54) is 12.8 Å². The van der Waals surface area contributed by atoms with Crippen molar-refractivity contribution in [3.63, 3.8) is 0 Å². The van der Waals surface area contributed by atoms with E-state index in [-0.39, 0.29) is 0 Å². The van der Waals surface area contributed by atoms with Crippen LogP contribution in [0.25, 0.3) is 0 Å².